The summed E-state index contributed by atoms with van der Waals surface area (Å²) in [5, 5.41) is 10.6. The summed E-state index contributed by atoms with van der Waals surface area (Å²) in [6.07, 6.45) is 0. The molecule has 2 aromatic rings. The van der Waals surface area contributed by atoms with E-state index in [0.29, 0.717) is 12.4 Å². The molecular formula is C19H23NO3. The molecule has 0 bridgehead atoms. The molecular weight excluding hydrogens is 290 g/mol. The van der Waals surface area contributed by atoms with Gasteiger partial charge in [-0.2, -0.15) is 0 Å². The van der Waals surface area contributed by atoms with Gasteiger partial charge in [-0.1, -0.05) is 30.3 Å². The standard InChI is InChI=1S/C19H23NO3/c1-20-10-14-9-17(23-3)19(21)16(12-22-2)18(14)15(11-20)13-7-5-4-6-8-13/h4-9,15,21H,10-12H2,1-3H3. The van der Waals surface area contributed by atoms with Crippen LogP contribution in [0.3, 0.4) is 0 Å². The number of nitrogens with zero attached hydrogens (tertiary/aromatic N) is 1. The highest BCUT2D eigenvalue weighted by Gasteiger charge is 2.30. The van der Waals surface area contributed by atoms with Crippen LogP contribution in [0, 0.1) is 0 Å². The minimum Gasteiger partial charge on any atom is -0.504 e. The van der Waals surface area contributed by atoms with E-state index in [2.05, 4.69) is 36.2 Å². The van der Waals surface area contributed by atoms with E-state index in [0.717, 1.165) is 18.7 Å². The molecule has 4 nitrogen and oxygen atoms in total. The highest BCUT2D eigenvalue weighted by molar-refractivity contribution is 5.57. The van der Waals surface area contributed by atoms with Gasteiger partial charge in [-0.3, -0.25) is 0 Å². The van der Waals surface area contributed by atoms with Crippen molar-refractivity contribution in [1.29, 1.82) is 0 Å². The second-order valence-electron chi connectivity index (χ2n) is 6.07. The lowest BCUT2D eigenvalue weighted by Crippen LogP contribution is -2.32. The average Bonchev–Trinajstić information content (AvgIpc) is 2.57. The second-order valence-corrected chi connectivity index (χ2v) is 6.07. The van der Waals surface area contributed by atoms with Gasteiger partial charge in [0.05, 0.1) is 13.7 Å². The Morgan fingerprint density at radius 1 is 1.22 bits per heavy atom. The normalized spacial score (nSPS) is 17.8. The van der Waals surface area contributed by atoms with Crippen LogP contribution in [0.2, 0.25) is 0 Å². The van der Waals surface area contributed by atoms with Crippen molar-refractivity contribution in [3.63, 3.8) is 0 Å². The van der Waals surface area contributed by atoms with Crippen LogP contribution in [0.5, 0.6) is 11.5 Å². The van der Waals surface area contributed by atoms with E-state index in [-0.39, 0.29) is 11.7 Å². The number of phenolic OH excluding ortho intramolecular Hbond substituents is 1. The summed E-state index contributed by atoms with van der Waals surface area (Å²) in [6, 6.07) is 12.4. The molecule has 0 saturated carbocycles. The number of rotatable bonds is 4. The molecule has 2 aromatic carbocycles. The second kappa shape index (κ2) is 6.60. The Balaban J connectivity index is 2.20. The lowest BCUT2D eigenvalue weighted by atomic mass is 9.81. The third kappa shape index (κ3) is 2.92. The van der Waals surface area contributed by atoms with Gasteiger partial charge in [0, 0.05) is 31.7 Å². The molecule has 0 spiro atoms. The van der Waals surface area contributed by atoms with Crippen LogP contribution in [-0.4, -0.2) is 37.8 Å². The van der Waals surface area contributed by atoms with Crippen molar-refractivity contribution in [3.8, 4) is 11.5 Å². The zero-order chi connectivity index (χ0) is 16.4. The molecule has 1 heterocycles. The summed E-state index contributed by atoms with van der Waals surface area (Å²) in [5.74, 6) is 0.920. The molecule has 1 N–H and O–H groups in total. The smallest absolute Gasteiger partial charge is 0.163 e. The fourth-order valence-electron chi connectivity index (χ4n) is 3.50. The maximum absolute atomic E-state index is 10.6. The minimum atomic E-state index is 0.193. The molecule has 1 aliphatic rings. The molecule has 0 aliphatic carbocycles. The largest absolute Gasteiger partial charge is 0.504 e. The molecule has 1 unspecified atom stereocenters. The maximum atomic E-state index is 10.6. The monoisotopic (exact) mass is 313 g/mol. The molecule has 0 aromatic heterocycles. The van der Waals surface area contributed by atoms with Gasteiger partial charge >= 0.3 is 0 Å². The van der Waals surface area contributed by atoms with Gasteiger partial charge in [0.15, 0.2) is 11.5 Å². The lowest BCUT2D eigenvalue weighted by Gasteiger charge is -2.35. The van der Waals surface area contributed by atoms with E-state index >= 15 is 0 Å². The van der Waals surface area contributed by atoms with E-state index in [1.165, 1.54) is 16.7 Å². The van der Waals surface area contributed by atoms with E-state index in [4.69, 9.17) is 9.47 Å². The van der Waals surface area contributed by atoms with Gasteiger partial charge in [-0.05, 0) is 29.8 Å². The minimum absolute atomic E-state index is 0.193. The Hall–Kier alpha value is -2.04. The van der Waals surface area contributed by atoms with E-state index in [9.17, 15) is 5.11 Å². The number of methoxy groups -OCH3 is 2. The zero-order valence-corrected chi connectivity index (χ0v) is 13.9. The highest BCUT2D eigenvalue weighted by Crippen LogP contribution is 2.43. The van der Waals surface area contributed by atoms with Crippen LogP contribution >= 0.6 is 0 Å². The van der Waals surface area contributed by atoms with Crippen LogP contribution in [0.1, 0.15) is 28.2 Å². The van der Waals surface area contributed by atoms with Gasteiger partial charge in [-0.25, -0.2) is 0 Å². The predicted octanol–water partition coefficient (Wildman–Crippen LogP) is 3.12. The Kier molecular flexibility index (Phi) is 4.55. The molecule has 23 heavy (non-hydrogen) atoms. The topological polar surface area (TPSA) is 41.9 Å². The van der Waals surface area contributed by atoms with Crippen LogP contribution < -0.4 is 4.74 Å². The highest BCUT2D eigenvalue weighted by atomic mass is 16.5. The van der Waals surface area contributed by atoms with Crippen molar-refractivity contribution in [2.75, 3.05) is 27.8 Å². The Bertz CT molecular complexity index is 685. The van der Waals surface area contributed by atoms with Gasteiger partial charge in [0.2, 0.25) is 0 Å². The molecule has 122 valence electrons. The van der Waals surface area contributed by atoms with Crippen LogP contribution in [0.15, 0.2) is 36.4 Å². The summed E-state index contributed by atoms with van der Waals surface area (Å²) in [6.45, 7) is 2.13. The van der Waals surface area contributed by atoms with Crippen molar-refractivity contribution in [2.45, 2.75) is 19.1 Å². The van der Waals surface area contributed by atoms with Crippen molar-refractivity contribution in [3.05, 3.63) is 58.7 Å². The first kappa shape index (κ1) is 15.8. The number of fused-ring (bicyclic) bond motifs is 1. The average molecular weight is 313 g/mol. The van der Waals surface area contributed by atoms with Gasteiger partial charge < -0.3 is 19.5 Å². The van der Waals surface area contributed by atoms with E-state index in [1.54, 1.807) is 14.2 Å². The summed E-state index contributed by atoms with van der Waals surface area (Å²) < 4.78 is 10.7. The zero-order valence-electron chi connectivity index (χ0n) is 13.9. The van der Waals surface area contributed by atoms with Crippen molar-refractivity contribution < 1.29 is 14.6 Å². The first-order valence-electron chi connectivity index (χ1n) is 7.79. The van der Waals surface area contributed by atoms with Crippen LogP contribution in [0.25, 0.3) is 0 Å². The summed E-state index contributed by atoms with van der Waals surface area (Å²) >= 11 is 0. The van der Waals surface area contributed by atoms with E-state index in [1.807, 2.05) is 12.1 Å². The Morgan fingerprint density at radius 2 is 1.96 bits per heavy atom. The number of hydrogen-bond acceptors (Lipinski definition) is 4. The van der Waals surface area contributed by atoms with Crippen molar-refractivity contribution in [1.82, 2.24) is 4.90 Å². The molecule has 4 heteroatoms. The SMILES string of the molecule is COCc1c(O)c(OC)cc2c1C(c1ccccc1)CN(C)C2. The number of likely N-dealkylation sites (N-methyl/N-ethyl adjacent to an activating group) is 1. The lowest BCUT2D eigenvalue weighted by molar-refractivity contribution is 0.178. The molecule has 1 atom stereocenters. The quantitative estimate of drug-likeness (QED) is 0.942. The number of benzene rings is 2. The number of ether oxygens (including phenoxy) is 2. The van der Waals surface area contributed by atoms with Gasteiger partial charge in [0.25, 0.3) is 0 Å². The molecule has 1 aliphatic heterocycles. The fourth-order valence-corrected chi connectivity index (χ4v) is 3.50. The third-order valence-electron chi connectivity index (χ3n) is 4.49. The number of phenols is 1. The van der Waals surface area contributed by atoms with Crippen molar-refractivity contribution in [2.24, 2.45) is 0 Å². The molecule has 0 fully saturated rings. The van der Waals surface area contributed by atoms with Crippen LogP contribution in [0.4, 0.5) is 0 Å². The maximum Gasteiger partial charge on any atom is 0.163 e. The first-order chi connectivity index (χ1) is 11.2. The van der Waals surface area contributed by atoms with Crippen molar-refractivity contribution >= 4 is 0 Å². The Morgan fingerprint density at radius 3 is 2.61 bits per heavy atom. The van der Waals surface area contributed by atoms with Crippen LogP contribution in [-0.2, 0) is 17.9 Å². The molecule has 0 radical (unpaired) electrons. The molecule has 0 amide bonds. The Labute approximate surface area is 137 Å². The third-order valence-corrected chi connectivity index (χ3v) is 4.49. The van der Waals surface area contributed by atoms with Gasteiger partial charge in [0.1, 0.15) is 0 Å². The molecule has 3 rings (SSSR count). The predicted molar refractivity (Wildman–Crippen MR) is 90.0 cm³/mol. The summed E-state index contributed by atoms with van der Waals surface area (Å²) in [4.78, 5) is 2.30. The first-order valence-corrected chi connectivity index (χ1v) is 7.79. The molecule has 0 saturated heterocycles. The fraction of sp³-hybridized carbons (Fsp3) is 0.368. The van der Waals surface area contributed by atoms with Gasteiger partial charge in [-0.15, -0.1) is 0 Å². The number of aromatic hydroxyl groups is 1. The summed E-state index contributed by atoms with van der Waals surface area (Å²) in [5.41, 5.74) is 4.45. The number of hydrogen-bond donors (Lipinski definition) is 1. The summed E-state index contributed by atoms with van der Waals surface area (Å²) in [7, 11) is 5.35. The van der Waals surface area contributed by atoms with E-state index < -0.39 is 0 Å².